The highest BCUT2D eigenvalue weighted by Crippen LogP contribution is 1.78. The van der Waals surface area contributed by atoms with Crippen LogP contribution in [0.1, 0.15) is 13.8 Å². The molecule has 0 aliphatic carbocycles. The van der Waals surface area contributed by atoms with Gasteiger partial charge < -0.3 is 16.2 Å². The number of nitrogens with one attached hydrogen (secondary N) is 1. The van der Waals surface area contributed by atoms with Gasteiger partial charge in [-0.15, -0.1) is 0 Å². The van der Waals surface area contributed by atoms with E-state index in [1.807, 2.05) is 0 Å². The molecule has 4 heteroatoms. The summed E-state index contributed by atoms with van der Waals surface area (Å²) < 4.78 is 0. The average Bonchev–Trinajstić information content (AvgIpc) is 1.82. The van der Waals surface area contributed by atoms with Crippen LogP contribution in [-0.2, 0) is 4.79 Å². The number of carbonyl (C=O) groups excluding carboxylic acids is 1. The topological polar surface area (TPSA) is 75.4 Å². The third-order valence-corrected chi connectivity index (χ3v) is 0.985. The Bertz CT molecular complexity index is 112. The van der Waals surface area contributed by atoms with Crippen LogP contribution in [-0.4, -0.2) is 29.7 Å². The van der Waals surface area contributed by atoms with Crippen LogP contribution in [0.15, 0.2) is 0 Å². The Labute approximate surface area is 60.4 Å². The maximum atomic E-state index is 10.7. The van der Waals surface area contributed by atoms with Crippen LogP contribution >= 0.6 is 0 Å². The van der Waals surface area contributed by atoms with Crippen LogP contribution in [0.5, 0.6) is 0 Å². The molecule has 60 valence electrons. The van der Waals surface area contributed by atoms with Gasteiger partial charge in [-0.25, -0.2) is 0 Å². The van der Waals surface area contributed by atoms with E-state index in [-0.39, 0.29) is 12.5 Å². The predicted octanol–water partition coefficient (Wildman–Crippen LogP) is -1.17. The molecule has 0 spiro atoms. The van der Waals surface area contributed by atoms with E-state index in [0.717, 1.165) is 0 Å². The molecular weight excluding hydrogens is 132 g/mol. The SMILES string of the molecule is C[C@H](N)C(=O)NC[C@@H](C)O. The number of aliphatic hydroxyl groups is 1. The molecule has 4 N–H and O–H groups in total. The summed E-state index contributed by atoms with van der Waals surface area (Å²) in [6.07, 6.45) is -0.511. The normalized spacial score (nSPS) is 16.0. The fourth-order valence-electron chi connectivity index (χ4n) is 0.409. The molecule has 0 aliphatic heterocycles. The molecule has 0 heterocycles. The molecular formula is C6H14N2O2. The lowest BCUT2D eigenvalue weighted by Gasteiger charge is -2.08. The Hall–Kier alpha value is -0.610. The van der Waals surface area contributed by atoms with Gasteiger partial charge in [0, 0.05) is 6.54 Å². The molecule has 0 aliphatic rings. The Morgan fingerprint density at radius 3 is 2.50 bits per heavy atom. The van der Waals surface area contributed by atoms with Crippen LogP contribution in [0, 0.1) is 0 Å². The highest BCUT2D eigenvalue weighted by molar-refractivity contribution is 5.80. The summed E-state index contributed by atoms with van der Waals surface area (Å²) in [4.78, 5) is 10.7. The average molecular weight is 146 g/mol. The zero-order valence-corrected chi connectivity index (χ0v) is 6.29. The van der Waals surface area contributed by atoms with Gasteiger partial charge in [0.25, 0.3) is 0 Å². The number of amides is 1. The minimum absolute atomic E-state index is 0.235. The summed E-state index contributed by atoms with van der Waals surface area (Å²) in [5.74, 6) is -0.235. The van der Waals surface area contributed by atoms with Gasteiger partial charge in [-0.1, -0.05) is 0 Å². The summed E-state index contributed by atoms with van der Waals surface area (Å²) in [5.41, 5.74) is 5.23. The van der Waals surface area contributed by atoms with Crippen LogP contribution in [0.4, 0.5) is 0 Å². The molecule has 0 unspecified atom stereocenters. The van der Waals surface area contributed by atoms with Crippen LogP contribution in [0.2, 0.25) is 0 Å². The van der Waals surface area contributed by atoms with E-state index < -0.39 is 12.1 Å². The molecule has 0 saturated carbocycles. The summed E-state index contributed by atoms with van der Waals surface area (Å²) in [5, 5.41) is 11.2. The van der Waals surface area contributed by atoms with Gasteiger partial charge in [0.15, 0.2) is 0 Å². The van der Waals surface area contributed by atoms with Crippen molar-refractivity contribution in [1.82, 2.24) is 5.32 Å². The molecule has 0 rings (SSSR count). The van der Waals surface area contributed by atoms with Gasteiger partial charge in [-0.3, -0.25) is 4.79 Å². The molecule has 0 fully saturated rings. The second-order valence-corrected chi connectivity index (χ2v) is 2.38. The Morgan fingerprint density at radius 1 is 1.70 bits per heavy atom. The minimum Gasteiger partial charge on any atom is -0.392 e. The van der Waals surface area contributed by atoms with E-state index in [9.17, 15) is 4.79 Å². The number of hydrogen-bond acceptors (Lipinski definition) is 3. The predicted molar refractivity (Wildman–Crippen MR) is 38.3 cm³/mol. The maximum Gasteiger partial charge on any atom is 0.236 e. The van der Waals surface area contributed by atoms with Crippen molar-refractivity contribution in [1.29, 1.82) is 0 Å². The molecule has 0 saturated heterocycles. The molecule has 2 atom stereocenters. The lowest BCUT2D eigenvalue weighted by atomic mass is 10.3. The van der Waals surface area contributed by atoms with Gasteiger partial charge >= 0.3 is 0 Å². The van der Waals surface area contributed by atoms with E-state index in [2.05, 4.69) is 5.32 Å². The van der Waals surface area contributed by atoms with Crippen LogP contribution in [0.3, 0.4) is 0 Å². The van der Waals surface area contributed by atoms with E-state index in [4.69, 9.17) is 10.8 Å². The third kappa shape index (κ3) is 4.29. The Morgan fingerprint density at radius 2 is 2.20 bits per heavy atom. The lowest BCUT2D eigenvalue weighted by Crippen LogP contribution is -2.41. The van der Waals surface area contributed by atoms with Crippen molar-refractivity contribution in [2.75, 3.05) is 6.54 Å². The van der Waals surface area contributed by atoms with Gasteiger partial charge in [0.1, 0.15) is 0 Å². The van der Waals surface area contributed by atoms with Crippen molar-refractivity contribution in [3.05, 3.63) is 0 Å². The van der Waals surface area contributed by atoms with Gasteiger partial charge in [0.2, 0.25) is 5.91 Å². The third-order valence-electron chi connectivity index (χ3n) is 0.985. The summed E-state index contributed by atoms with van der Waals surface area (Å²) >= 11 is 0. The maximum absolute atomic E-state index is 10.7. The molecule has 1 amide bonds. The first kappa shape index (κ1) is 9.39. The van der Waals surface area contributed by atoms with Crippen molar-refractivity contribution < 1.29 is 9.90 Å². The van der Waals surface area contributed by atoms with E-state index >= 15 is 0 Å². The summed E-state index contributed by atoms with van der Waals surface area (Å²) in [6, 6.07) is -0.501. The quantitative estimate of drug-likeness (QED) is 0.469. The summed E-state index contributed by atoms with van der Waals surface area (Å²) in [7, 11) is 0. The lowest BCUT2D eigenvalue weighted by molar-refractivity contribution is -0.122. The van der Waals surface area contributed by atoms with Crippen molar-refractivity contribution in [2.45, 2.75) is 26.0 Å². The highest BCUT2D eigenvalue weighted by Gasteiger charge is 2.06. The smallest absolute Gasteiger partial charge is 0.236 e. The number of aliphatic hydroxyl groups excluding tert-OH is 1. The largest absolute Gasteiger partial charge is 0.392 e. The number of nitrogens with two attached hydrogens (primary N) is 1. The zero-order chi connectivity index (χ0) is 8.15. The fourth-order valence-corrected chi connectivity index (χ4v) is 0.409. The minimum atomic E-state index is -0.511. The van der Waals surface area contributed by atoms with E-state index in [0.29, 0.717) is 0 Å². The standard InChI is InChI=1S/C6H14N2O2/c1-4(9)3-8-6(10)5(2)7/h4-5,9H,3,7H2,1-2H3,(H,8,10)/t4-,5+/m1/s1. The van der Waals surface area contributed by atoms with Gasteiger partial charge in [-0.2, -0.15) is 0 Å². The molecule has 10 heavy (non-hydrogen) atoms. The highest BCUT2D eigenvalue weighted by atomic mass is 16.3. The van der Waals surface area contributed by atoms with Gasteiger partial charge in [0.05, 0.1) is 12.1 Å². The molecule has 0 aromatic heterocycles. The van der Waals surface area contributed by atoms with E-state index in [1.165, 1.54) is 0 Å². The van der Waals surface area contributed by atoms with Crippen molar-refractivity contribution >= 4 is 5.91 Å². The number of carbonyl (C=O) groups is 1. The number of rotatable bonds is 3. The molecule has 0 radical (unpaired) electrons. The second kappa shape index (κ2) is 4.24. The summed E-state index contributed by atoms with van der Waals surface area (Å²) in [6.45, 7) is 3.46. The van der Waals surface area contributed by atoms with Gasteiger partial charge in [-0.05, 0) is 13.8 Å². The Kier molecular flexibility index (Phi) is 3.99. The van der Waals surface area contributed by atoms with E-state index in [1.54, 1.807) is 13.8 Å². The first-order valence-corrected chi connectivity index (χ1v) is 3.25. The first-order valence-electron chi connectivity index (χ1n) is 3.25. The van der Waals surface area contributed by atoms with Crippen molar-refractivity contribution in [2.24, 2.45) is 5.73 Å². The van der Waals surface area contributed by atoms with Crippen LogP contribution < -0.4 is 11.1 Å². The number of hydrogen-bond donors (Lipinski definition) is 3. The second-order valence-electron chi connectivity index (χ2n) is 2.38. The van der Waals surface area contributed by atoms with Crippen molar-refractivity contribution in [3.63, 3.8) is 0 Å². The first-order chi connectivity index (χ1) is 4.54. The van der Waals surface area contributed by atoms with Crippen molar-refractivity contribution in [3.8, 4) is 0 Å². The monoisotopic (exact) mass is 146 g/mol. The van der Waals surface area contributed by atoms with Crippen LogP contribution in [0.25, 0.3) is 0 Å². The molecule has 4 nitrogen and oxygen atoms in total. The molecule has 0 bridgehead atoms. The fraction of sp³-hybridized carbons (Fsp3) is 0.833. The molecule has 0 aromatic carbocycles. The Balaban J connectivity index is 3.40. The molecule has 0 aromatic rings. The zero-order valence-electron chi connectivity index (χ0n) is 6.29.